The quantitative estimate of drug-likeness (QED) is 0.620. The van der Waals surface area contributed by atoms with Gasteiger partial charge in [0.05, 0.1) is 11.7 Å². The average Bonchev–Trinajstić information content (AvgIpc) is 3.01. The Morgan fingerprint density at radius 2 is 2.08 bits per heavy atom. The zero-order valence-electron chi connectivity index (χ0n) is 14.0. The molecular formula is C17H17N7O. The molecule has 1 fully saturated rings. The summed E-state index contributed by atoms with van der Waals surface area (Å²) < 4.78 is 5.45. The Kier molecular flexibility index (Phi) is 2.79. The molecule has 1 saturated carbocycles. The van der Waals surface area contributed by atoms with Crippen molar-refractivity contribution < 1.29 is 0 Å². The Morgan fingerprint density at radius 3 is 2.80 bits per heavy atom. The molecule has 8 heteroatoms. The van der Waals surface area contributed by atoms with Crippen LogP contribution in [-0.4, -0.2) is 33.9 Å². The summed E-state index contributed by atoms with van der Waals surface area (Å²) in [5.74, 6) is 1.06. The summed E-state index contributed by atoms with van der Waals surface area (Å²) in [5.41, 5.74) is 3.02. The number of imidazole rings is 1. The van der Waals surface area contributed by atoms with Gasteiger partial charge in [-0.2, -0.15) is 5.10 Å². The van der Waals surface area contributed by atoms with Crippen molar-refractivity contribution in [3.05, 3.63) is 46.8 Å². The van der Waals surface area contributed by atoms with Gasteiger partial charge in [-0.1, -0.05) is 0 Å². The van der Waals surface area contributed by atoms with E-state index in [0.717, 1.165) is 16.8 Å². The fraction of sp³-hybridized carbons (Fsp3) is 0.294. The Balaban J connectivity index is 1.68. The van der Waals surface area contributed by atoms with Gasteiger partial charge in [0.25, 0.3) is 5.56 Å². The highest BCUT2D eigenvalue weighted by molar-refractivity contribution is 5.73. The number of H-pyrrole nitrogens is 1. The summed E-state index contributed by atoms with van der Waals surface area (Å²) >= 11 is 0. The molecule has 1 N–H and O–H groups in total. The van der Waals surface area contributed by atoms with E-state index >= 15 is 0 Å². The van der Waals surface area contributed by atoms with Crippen LogP contribution in [0.3, 0.4) is 0 Å². The summed E-state index contributed by atoms with van der Waals surface area (Å²) in [6.45, 7) is 1.93. The van der Waals surface area contributed by atoms with Crippen LogP contribution in [0, 0.1) is 6.92 Å². The number of aromatic amines is 1. The van der Waals surface area contributed by atoms with Crippen molar-refractivity contribution >= 4 is 5.52 Å². The zero-order valence-corrected chi connectivity index (χ0v) is 14.0. The number of rotatable bonds is 3. The van der Waals surface area contributed by atoms with Gasteiger partial charge in [-0.15, -0.1) is 5.10 Å². The van der Waals surface area contributed by atoms with Gasteiger partial charge in [-0.3, -0.25) is 9.48 Å². The fourth-order valence-corrected chi connectivity index (χ4v) is 3.21. The van der Waals surface area contributed by atoms with Crippen molar-refractivity contribution in [3.8, 4) is 22.9 Å². The van der Waals surface area contributed by atoms with Gasteiger partial charge in [0, 0.05) is 37.4 Å². The van der Waals surface area contributed by atoms with E-state index in [1.807, 2.05) is 47.9 Å². The van der Waals surface area contributed by atoms with Crippen LogP contribution in [0.5, 0.6) is 0 Å². The van der Waals surface area contributed by atoms with Crippen LogP contribution in [-0.2, 0) is 7.05 Å². The van der Waals surface area contributed by atoms with E-state index in [1.165, 1.54) is 12.8 Å². The Labute approximate surface area is 142 Å². The molecule has 4 aromatic heterocycles. The van der Waals surface area contributed by atoms with Gasteiger partial charge in [-0.25, -0.2) is 9.50 Å². The number of nitrogens with one attached hydrogen (secondary N) is 1. The molecule has 25 heavy (non-hydrogen) atoms. The highest BCUT2D eigenvalue weighted by atomic mass is 16.1. The lowest BCUT2D eigenvalue weighted by atomic mass is 10.1. The zero-order chi connectivity index (χ0) is 17.1. The molecule has 5 rings (SSSR count). The molecule has 0 bridgehead atoms. The van der Waals surface area contributed by atoms with Crippen molar-refractivity contribution in [1.82, 2.24) is 33.9 Å². The van der Waals surface area contributed by atoms with Gasteiger partial charge in [0.2, 0.25) is 0 Å². The molecule has 1 aliphatic carbocycles. The molecule has 126 valence electrons. The third-order valence-electron chi connectivity index (χ3n) is 4.73. The van der Waals surface area contributed by atoms with Gasteiger partial charge >= 0.3 is 0 Å². The minimum atomic E-state index is -0.182. The first-order valence-electron chi connectivity index (χ1n) is 8.27. The molecule has 0 saturated heterocycles. The number of aryl methyl sites for hydroxylation is 2. The SMILES string of the molecule is Cc1c(-c2ccn(C3CC3)n2)cn2nc(-c3nccn3C)[nH]c(=O)c12. The van der Waals surface area contributed by atoms with Crippen LogP contribution in [0.4, 0.5) is 0 Å². The van der Waals surface area contributed by atoms with Crippen LogP contribution in [0.1, 0.15) is 24.4 Å². The van der Waals surface area contributed by atoms with E-state index in [1.54, 1.807) is 10.7 Å². The van der Waals surface area contributed by atoms with Crippen molar-refractivity contribution in [3.63, 3.8) is 0 Å². The lowest BCUT2D eigenvalue weighted by molar-refractivity contribution is 0.644. The first-order valence-corrected chi connectivity index (χ1v) is 8.27. The molecule has 0 unspecified atom stereocenters. The molecule has 4 aromatic rings. The topological polar surface area (TPSA) is 85.8 Å². The van der Waals surface area contributed by atoms with E-state index in [0.29, 0.717) is 23.2 Å². The molecule has 0 spiro atoms. The van der Waals surface area contributed by atoms with Crippen LogP contribution < -0.4 is 5.56 Å². The van der Waals surface area contributed by atoms with Crippen LogP contribution in [0.25, 0.3) is 28.4 Å². The second kappa shape index (κ2) is 4.92. The monoisotopic (exact) mass is 335 g/mol. The van der Waals surface area contributed by atoms with E-state index in [9.17, 15) is 4.79 Å². The summed E-state index contributed by atoms with van der Waals surface area (Å²) in [6.07, 6.45) is 9.74. The van der Waals surface area contributed by atoms with E-state index in [-0.39, 0.29) is 5.56 Å². The summed E-state index contributed by atoms with van der Waals surface area (Å²) in [6, 6.07) is 2.52. The number of fused-ring (bicyclic) bond motifs is 1. The van der Waals surface area contributed by atoms with Crippen LogP contribution in [0.2, 0.25) is 0 Å². The number of aromatic nitrogens is 7. The molecule has 4 heterocycles. The molecule has 1 aliphatic rings. The second-order valence-electron chi connectivity index (χ2n) is 6.54. The van der Waals surface area contributed by atoms with Gasteiger partial charge in [0.15, 0.2) is 11.6 Å². The smallest absolute Gasteiger partial charge is 0.275 e. The normalized spacial score (nSPS) is 14.5. The lowest BCUT2D eigenvalue weighted by Crippen LogP contribution is -2.15. The van der Waals surface area contributed by atoms with Crippen LogP contribution >= 0.6 is 0 Å². The molecular weight excluding hydrogens is 318 g/mol. The standard InChI is InChI=1S/C17H17N7O/c1-10-12(13-5-7-23(20-13)11-3-4-11)9-24-14(10)17(25)19-15(21-24)16-18-6-8-22(16)2/h5-9,11H,3-4H2,1-2H3,(H,19,21,25). The van der Waals surface area contributed by atoms with Crippen molar-refractivity contribution in [2.45, 2.75) is 25.8 Å². The average molecular weight is 335 g/mol. The molecule has 0 atom stereocenters. The third-order valence-corrected chi connectivity index (χ3v) is 4.73. The molecule has 0 aromatic carbocycles. The number of hydrogen-bond acceptors (Lipinski definition) is 4. The first kappa shape index (κ1) is 14.2. The summed E-state index contributed by atoms with van der Waals surface area (Å²) in [7, 11) is 1.86. The highest BCUT2D eigenvalue weighted by Gasteiger charge is 2.25. The number of nitrogens with zero attached hydrogens (tertiary/aromatic N) is 6. The summed E-state index contributed by atoms with van der Waals surface area (Å²) in [5, 5.41) is 9.21. The largest absolute Gasteiger partial charge is 0.331 e. The van der Waals surface area contributed by atoms with Gasteiger partial charge in [0.1, 0.15) is 5.52 Å². The van der Waals surface area contributed by atoms with E-state index < -0.39 is 0 Å². The second-order valence-corrected chi connectivity index (χ2v) is 6.54. The predicted octanol–water partition coefficient (Wildman–Crippen LogP) is 1.93. The molecule has 0 radical (unpaired) electrons. The fourth-order valence-electron chi connectivity index (χ4n) is 3.21. The third kappa shape index (κ3) is 2.14. The maximum atomic E-state index is 12.6. The highest BCUT2D eigenvalue weighted by Crippen LogP contribution is 2.35. The maximum Gasteiger partial charge on any atom is 0.275 e. The first-order chi connectivity index (χ1) is 12.1. The molecule has 0 amide bonds. The lowest BCUT2D eigenvalue weighted by Gasteiger charge is -2.02. The minimum absolute atomic E-state index is 0.182. The Hall–Kier alpha value is -3.16. The summed E-state index contributed by atoms with van der Waals surface area (Å²) in [4.78, 5) is 19.7. The Morgan fingerprint density at radius 1 is 1.24 bits per heavy atom. The van der Waals surface area contributed by atoms with Crippen molar-refractivity contribution in [2.24, 2.45) is 7.05 Å². The molecule has 0 aliphatic heterocycles. The Bertz CT molecular complexity index is 1160. The van der Waals surface area contributed by atoms with E-state index in [2.05, 4.69) is 20.2 Å². The maximum absolute atomic E-state index is 12.6. The van der Waals surface area contributed by atoms with Gasteiger partial charge < -0.3 is 9.55 Å². The predicted molar refractivity (Wildman–Crippen MR) is 92.2 cm³/mol. The van der Waals surface area contributed by atoms with Crippen molar-refractivity contribution in [1.29, 1.82) is 0 Å². The van der Waals surface area contributed by atoms with Crippen LogP contribution in [0.15, 0.2) is 35.6 Å². The number of hydrogen-bond donors (Lipinski definition) is 1. The molecule has 8 nitrogen and oxygen atoms in total. The minimum Gasteiger partial charge on any atom is -0.331 e. The van der Waals surface area contributed by atoms with E-state index in [4.69, 9.17) is 0 Å². The van der Waals surface area contributed by atoms with Gasteiger partial charge in [-0.05, 0) is 31.4 Å². The van der Waals surface area contributed by atoms with Crippen molar-refractivity contribution in [2.75, 3.05) is 0 Å².